The van der Waals surface area contributed by atoms with Crippen molar-refractivity contribution in [3.05, 3.63) is 5.32 Å². The van der Waals surface area contributed by atoms with Gasteiger partial charge in [-0.3, -0.25) is 0 Å². The van der Waals surface area contributed by atoms with Crippen LogP contribution in [0.3, 0.4) is 0 Å². The van der Waals surface area contributed by atoms with Crippen LogP contribution < -0.4 is 51.4 Å². The van der Waals surface area contributed by atoms with Crippen molar-refractivity contribution >= 4 is 6.34 Å². The fourth-order valence-corrected chi connectivity index (χ4v) is 0.408. The molecule has 48 valence electrons. The van der Waals surface area contributed by atoms with Crippen molar-refractivity contribution in [3.8, 4) is 0 Å². The van der Waals surface area contributed by atoms with E-state index in [1.165, 1.54) is 0 Å². The van der Waals surface area contributed by atoms with Crippen molar-refractivity contribution in [2.45, 2.75) is 26.8 Å². The van der Waals surface area contributed by atoms with Gasteiger partial charge in [0, 0.05) is 0 Å². The summed E-state index contributed by atoms with van der Waals surface area (Å²) in [5, 5.41) is 3.87. The van der Waals surface area contributed by atoms with E-state index in [2.05, 4.69) is 10.3 Å². The predicted molar refractivity (Wildman–Crippen MR) is 37.5 cm³/mol. The van der Waals surface area contributed by atoms with Crippen LogP contribution in [-0.4, -0.2) is 18.9 Å². The summed E-state index contributed by atoms with van der Waals surface area (Å²) in [5.74, 6) is 0. The summed E-state index contributed by atoms with van der Waals surface area (Å²) in [6, 6.07) is 0.449. The Morgan fingerprint density at radius 2 is 2.11 bits per heavy atom. The van der Waals surface area contributed by atoms with E-state index in [4.69, 9.17) is 0 Å². The monoisotopic (exact) mass is 152 g/mol. The van der Waals surface area contributed by atoms with Gasteiger partial charge in [0.1, 0.15) is 0 Å². The first-order chi connectivity index (χ1) is 3.89. The molecular weight excluding hydrogens is 139 g/mol. The molecule has 0 N–H and O–H groups in total. The minimum Gasteiger partial charge on any atom is -0.472 e. The summed E-state index contributed by atoms with van der Waals surface area (Å²) >= 11 is 0. The Labute approximate surface area is 99.9 Å². The second kappa shape index (κ2) is 9.11. The topological polar surface area (TPSA) is 26.5 Å². The van der Waals surface area contributed by atoms with Gasteiger partial charge >= 0.3 is 51.4 Å². The second-order valence-electron chi connectivity index (χ2n) is 1.48. The van der Waals surface area contributed by atoms with Crippen LogP contribution in [0.1, 0.15) is 20.8 Å². The first-order valence-electron chi connectivity index (χ1n) is 3.08. The summed E-state index contributed by atoms with van der Waals surface area (Å²) in [6.07, 6.45) is 1.63. The molecule has 1 unspecified atom stereocenters. The van der Waals surface area contributed by atoms with Gasteiger partial charge in [-0.2, -0.15) is 0 Å². The number of rotatable bonds is 0. The first kappa shape index (κ1) is 12.8. The van der Waals surface area contributed by atoms with Gasteiger partial charge in [-0.25, -0.2) is 0 Å². The summed E-state index contributed by atoms with van der Waals surface area (Å²) in [6.45, 7) is 6.94. The van der Waals surface area contributed by atoms with Crippen LogP contribution in [0, 0.1) is 0 Å². The third kappa shape index (κ3) is 7.00. The van der Waals surface area contributed by atoms with Crippen molar-refractivity contribution < 1.29 is 51.4 Å². The van der Waals surface area contributed by atoms with E-state index in [0.717, 1.165) is 6.54 Å². The smallest absolute Gasteiger partial charge is 0.472 e. The fourth-order valence-electron chi connectivity index (χ4n) is 0.408. The summed E-state index contributed by atoms with van der Waals surface area (Å²) in [4.78, 5) is 3.94. The zero-order chi connectivity index (χ0) is 6.41. The van der Waals surface area contributed by atoms with Gasteiger partial charge in [-0.05, 0) is 12.6 Å². The van der Waals surface area contributed by atoms with Crippen molar-refractivity contribution in [2.75, 3.05) is 6.54 Å². The zero-order valence-electron chi connectivity index (χ0n) is 6.76. The molecule has 0 bridgehead atoms. The Morgan fingerprint density at radius 3 is 2.22 bits per heavy atom. The van der Waals surface area contributed by atoms with Gasteiger partial charge in [-0.15, -0.1) is 6.34 Å². The molecule has 1 atom stereocenters. The third-order valence-electron chi connectivity index (χ3n) is 0.772. The maximum Gasteiger partial charge on any atom is 1.00 e. The average molecular weight is 152 g/mol. The van der Waals surface area contributed by atoms with Crippen LogP contribution in [0.5, 0.6) is 0 Å². The van der Waals surface area contributed by atoms with Crippen LogP contribution in [0.25, 0.3) is 5.32 Å². The van der Waals surface area contributed by atoms with E-state index in [0.29, 0.717) is 6.04 Å². The van der Waals surface area contributed by atoms with Crippen LogP contribution in [0.15, 0.2) is 4.99 Å². The minimum absolute atomic E-state index is 0. The molecule has 0 aliphatic carbocycles. The maximum atomic E-state index is 3.94. The van der Waals surface area contributed by atoms with Gasteiger partial charge < -0.3 is 10.3 Å². The third-order valence-corrected chi connectivity index (χ3v) is 0.772. The molecule has 0 amide bonds. The molecule has 0 saturated heterocycles. The molecule has 2 nitrogen and oxygen atoms in total. The van der Waals surface area contributed by atoms with Crippen molar-refractivity contribution in [2.24, 2.45) is 4.99 Å². The second-order valence-corrected chi connectivity index (χ2v) is 1.48. The Morgan fingerprint density at radius 1 is 1.56 bits per heavy atom. The molecule has 0 saturated carbocycles. The summed E-state index contributed by atoms with van der Waals surface area (Å²) < 4.78 is 0. The number of nitrogens with zero attached hydrogens (tertiary/aromatic N) is 2. The van der Waals surface area contributed by atoms with Gasteiger partial charge in [0.15, 0.2) is 0 Å². The zero-order valence-corrected chi connectivity index (χ0v) is 9.88. The van der Waals surface area contributed by atoms with Crippen LogP contribution in [0.2, 0.25) is 0 Å². The first-order valence-corrected chi connectivity index (χ1v) is 3.08. The van der Waals surface area contributed by atoms with Crippen molar-refractivity contribution in [3.63, 3.8) is 0 Å². The Hall–Kier alpha value is 1.11. The van der Waals surface area contributed by atoms with Gasteiger partial charge in [-0.1, -0.05) is 20.8 Å². The molecule has 1 aliphatic rings. The van der Waals surface area contributed by atoms with Crippen LogP contribution in [-0.2, 0) is 0 Å². The molecule has 3 heteroatoms. The molecule has 0 aromatic carbocycles. The molecule has 0 aromatic rings. The minimum atomic E-state index is 0. The van der Waals surface area contributed by atoms with Crippen molar-refractivity contribution in [1.82, 2.24) is 0 Å². The molecule has 0 radical (unpaired) electrons. The molecule has 0 fully saturated rings. The number of aliphatic imine (C=N–C) groups is 1. The van der Waals surface area contributed by atoms with Crippen LogP contribution in [0.4, 0.5) is 0 Å². The summed E-state index contributed by atoms with van der Waals surface area (Å²) in [7, 11) is 0. The predicted octanol–water partition coefficient (Wildman–Crippen LogP) is -1.18. The maximum absolute atomic E-state index is 3.94. The molecule has 1 heterocycles. The van der Waals surface area contributed by atoms with Crippen LogP contribution >= 0.6 is 0 Å². The molecule has 0 aromatic heterocycles. The normalized spacial score (nSPS) is 21.0. The molecule has 9 heavy (non-hydrogen) atoms. The van der Waals surface area contributed by atoms with E-state index in [1.807, 2.05) is 20.8 Å². The SMILES string of the molecule is CC.CC1C[N-]C=N1.[K+]. The average Bonchev–Trinajstić information content (AvgIpc) is 2.24. The molecule has 0 spiro atoms. The molecule has 1 rings (SSSR count). The standard InChI is InChI=1S/C4H7N2.C2H6.K/c1-4-2-5-3-6-4;1-2;/h3-4H,2H2,1H3;1-2H3;/q-1;;+1. The largest absolute Gasteiger partial charge is 1.00 e. The Bertz CT molecular complexity index is 73.5. The summed E-state index contributed by atoms with van der Waals surface area (Å²) in [5.41, 5.74) is 0. The quantitative estimate of drug-likeness (QED) is 0.391. The molecular formula is C6H13KN2. The van der Waals surface area contributed by atoms with Gasteiger partial charge in [0.2, 0.25) is 0 Å². The van der Waals surface area contributed by atoms with Gasteiger partial charge in [0.05, 0.1) is 0 Å². The van der Waals surface area contributed by atoms with E-state index in [-0.39, 0.29) is 51.4 Å². The fraction of sp³-hybridized carbons (Fsp3) is 0.833. The van der Waals surface area contributed by atoms with E-state index in [9.17, 15) is 0 Å². The van der Waals surface area contributed by atoms with Crippen molar-refractivity contribution in [1.29, 1.82) is 0 Å². The molecule has 1 aliphatic heterocycles. The number of hydrogen-bond acceptors (Lipinski definition) is 1. The van der Waals surface area contributed by atoms with E-state index >= 15 is 0 Å². The van der Waals surface area contributed by atoms with E-state index < -0.39 is 0 Å². The van der Waals surface area contributed by atoms with E-state index in [1.54, 1.807) is 6.34 Å². The number of hydrogen-bond donors (Lipinski definition) is 0. The Balaban J connectivity index is 0. The Kier molecular flexibility index (Phi) is 12.9. The van der Waals surface area contributed by atoms with Gasteiger partial charge in [0.25, 0.3) is 0 Å².